The first-order chi connectivity index (χ1) is 11.9. The summed E-state index contributed by atoms with van der Waals surface area (Å²) in [5.74, 6) is -4.48. The van der Waals surface area contributed by atoms with Gasteiger partial charge in [-0.15, -0.1) is 5.10 Å². The van der Waals surface area contributed by atoms with E-state index in [1.165, 1.54) is 4.90 Å². The van der Waals surface area contributed by atoms with Crippen molar-refractivity contribution < 1.29 is 18.7 Å². The Balaban J connectivity index is 1.47. The van der Waals surface area contributed by atoms with Crippen LogP contribution in [-0.4, -0.2) is 55.0 Å². The molecule has 2 aliphatic carbocycles. The number of hydrogen-bond donors (Lipinski definition) is 1. The number of rotatable bonds is 5. The number of hydrogen-bond acceptors (Lipinski definition) is 4. The van der Waals surface area contributed by atoms with Gasteiger partial charge in [0.05, 0.1) is 18.3 Å². The minimum atomic E-state index is -3.73. The first-order valence-electron chi connectivity index (χ1n) is 9.22. The van der Waals surface area contributed by atoms with Crippen molar-refractivity contribution >= 4 is 5.91 Å². The highest BCUT2D eigenvalue weighted by Gasteiger charge is 2.61. The molecule has 1 atom stereocenters. The fourth-order valence-electron chi connectivity index (χ4n) is 4.13. The van der Waals surface area contributed by atoms with E-state index in [1.54, 1.807) is 4.68 Å². The lowest BCUT2D eigenvalue weighted by atomic mass is 9.92. The van der Waals surface area contributed by atoms with Crippen LogP contribution in [0.5, 0.6) is 0 Å². The van der Waals surface area contributed by atoms with Crippen molar-refractivity contribution in [1.82, 2.24) is 19.9 Å². The fraction of sp³-hybridized carbons (Fsp3) is 0.824. The molecule has 6 nitrogen and oxygen atoms in total. The molecule has 2 saturated carbocycles. The van der Waals surface area contributed by atoms with Crippen molar-refractivity contribution in [1.29, 1.82) is 0 Å². The van der Waals surface area contributed by atoms with Gasteiger partial charge in [0, 0.05) is 18.7 Å². The second kappa shape index (κ2) is 6.00. The standard InChI is InChI=1S/C17H24F2N4O2/c18-17(19,16(25)7-1-2-8-16)15(24)23-9-3-4-13(23)10-22-11-14(20-21-22)12-5-6-12/h11-13,25H,1-10H2/t13-/m0/s1. The van der Waals surface area contributed by atoms with E-state index in [0.717, 1.165) is 18.5 Å². The van der Waals surface area contributed by atoms with E-state index in [2.05, 4.69) is 10.3 Å². The van der Waals surface area contributed by atoms with Crippen LogP contribution in [-0.2, 0) is 11.3 Å². The quantitative estimate of drug-likeness (QED) is 0.879. The first kappa shape index (κ1) is 16.9. The van der Waals surface area contributed by atoms with Crippen LogP contribution < -0.4 is 0 Å². The van der Waals surface area contributed by atoms with Gasteiger partial charge < -0.3 is 10.0 Å². The number of aromatic nitrogens is 3. The Morgan fingerprint density at radius 2 is 2.00 bits per heavy atom. The first-order valence-corrected chi connectivity index (χ1v) is 9.22. The molecule has 1 aromatic heterocycles. The molecular formula is C17H24F2N4O2. The molecule has 138 valence electrons. The Bertz CT molecular complexity index is 653. The highest BCUT2D eigenvalue weighted by atomic mass is 19.3. The average Bonchev–Trinajstić information content (AvgIpc) is 2.99. The van der Waals surface area contributed by atoms with Crippen molar-refractivity contribution in [3.63, 3.8) is 0 Å². The van der Waals surface area contributed by atoms with E-state index in [0.29, 0.717) is 44.7 Å². The van der Waals surface area contributed by atoms with Crippen LogP contribution in [0.15, 0.2) is 6.20 Å². The molecule has 8 heteroatoms. The number of nitrogens with zero attached hydrogens (tertiary/aromatic N) is 4. The molecule has 2 heterocycles. The van der Waals surface area contributed by atoms with Gasteiger partial charge in [-0.3, -0.25) is 9.48 Å². The molecule has 1 aliphatic heterocycles. The lowest BCUT2D eigenvalue weighted by molar-refractivity contribution is -0.201. The zero-order chi connectivity index (χ0) is 17.7. The number of carbonyl (C=O) groups is 1. The van der Waals surface area contributed by atoms with Gasteiger partial charge in [-0.05, 0) is 38.5 Å². The molecule has 0 unspecified atom stereocenters. The molecule has 25 heavy (non-hydrogen) atoms. The zero-order valence-corrected chi connectivity index (χ0v) is 14.2. The molecule has 3 fully saturated rings. The van der Waals surface area contributed by atoms with Gasteiger partial charge in [-0.1, -0.05) is 18.1 Å². The lowest BCUT2D eigenvalue weighted by Gasteiger charge is -2.35. The molecule has 0 aromatic carbocycles. The van der Waals surface area contributed by atoms with Gasteiger partial charge in [0.1, 0.15) is 5.60 Å². The second-order valence-electron chi connectivity index (χ2n) is 7.75. The minimum absolute atomic E-state index is 0.0158. The smallest absolute Gasteiger partial charge is 0.352 e. The van der Waals surface area contributed by atoms with Gasteiger partial charge >= 0.3 is 5.92 Å². The van der Waals surface area contributed by atoms with Gasteiger partial charge in [0.2, 0.25) is 0 Å². The summed E-state index contributed by atoms with van der Waals surface area (Å²) in [7, 11) is 0. The van der Waals surface area contributed by atoms with E-state index < -0.39 is 17.4 Å². The summed E-state index contributed by atoms with van der Waals surface area (Å²) in [6.07, 6.45) is 6.50. The molecule has 1 N–H and O–H groups in total. The van der Waals surface area contributed by atoms with E-state index in [-0.39, 0.29) is 18.9 Å². The monoisotopic (exact) mass is 354 g/mol. The predicted octanol–water partition coefficient (Wildman–Crippen LogP) is 2.09. The number of aliphatic hydroxyl groups is 1. The summed E-state index contributed by atoms with van der Waals surface area (Å²) in [5.41, 5.74) is -1.25. The Labute approximate surface area is 145 Å². The Morgan fingerprint density at radius 1 is 1.28 bits per heavy atom. The molecule has 3 aliphatic rings. The maximum absolute atomic E-state index is 14.7. The molecule has 1 saturated heterocycles. The molecule has 0 spiro atoms. The third kappa shape index (κ3) is 2.94. The third-order valence-corrected chi connectivity index (χ3v) is 5.87. The SMILES string of the molecule is O=C(N1CCC[C@H]1Cn1cc(C2CC2)nn1)C(F)(F)C1(O)CCCC1. The summed E-state index contributed by atoms with van der Waals surface area (Å²) in [6.45, 7) is 0.680. The molecule has 1 amide bonds. The summed E-state index contributed by atoms with van der Waals surface area (Å²) in [4.78, 5) is 13.8. The number of alkyl halides is 2. The van der Waals surface area contributed by atoms with Gasteiger partial charge in [0.15, 0.2) is 0 Å². The van der Waals surface area contributed by atoms with Gasteiger partial charge in [-0.2, -0.15) is 8.78 Å². The molecule has 4 rings (SSSR count). The van der Waals surface area contributed by atoms with Crippen molar-refractivity contribution in [2.45, 2.75) is 81.4 Å². The summed E-state index contributed by atoms with van der Waals surface area (Å²) in [5, 5.41) is 18.5. The van der Waals surface area contributed by atoms with Gasteiger partial charge in [-0.25, -0.2) is 0 Å². The largest absolute Gasteiger partial charge is 0.383 e. The highest BCUT2D eigenvalue weighted by Crippen LogP contribution is 2.44. The normalized spacial score (nSPS) is 26.4. The number of amides is 1. The topological polar surface area (TPSA) is 71.2 Å². The lowest BCUT2D eigenvalue weighted by Crippen LogP contribution is -2.58. The zero-order valence-electron chi connectivity index (χ0n) is 14.2. The molecular weight excluding hydrogens is 330 g/mol. The van der Waals surface area contributed by atoms with Crippen molar-refractivity contribution in [3.05, 3.63) is 11.9 Å². The molecule has 0 bridgehead atoms. The average molecular weight is 354 g/mol. The van der Waals surface area contributed by atoms with Crippen molar-refractivity contribution in [2.24, 2.45) is 0 Å². The fourth-order valence-corrected chi connectivity index (χ4v) is 4.13. The van der Waals surface area contributed by atoms with Crippen LogP contribution in [0.2, 0.25) is 0 Å². The molecule has 0 radical (unpaired) electrons. The van der Waals surface area contributed by atoms with Crippen LogP contribution in [0.25, 0.3) is 0 Å². The predicted molar refractivity (Wildman–Crippen MR) is 85.1 cm³/mol. The highest BCUT2D eigenvalue weighted by molar-refractivity contribution is 5.85. The maximum Gasteiger partial charge on any atom is 0.352 e. The second-order valence-corrected chi connectivity index (χ2v) is 7.75. The number of likely N-dealkylation sites (tertiary alicyclic amines) is 1. The van der Waals surface area contributed by atoms with Crippen LogP contribution >= 0.6 is 0 Å². The van der Waals surface area contributed by atoms with E-state index in [9.17, 15) is 18.7 Å². The Hall–Kier alpha value is -1.57. The van der Waals surface area contributed by atoms with Crippen LogP contribution in [0.1, 0.15) is 63.0 Å². The van der Waals surface area contributed by atoms with Crippen LogP contribution in [0, 0.1) is 0 Å². The number of halogens is 2. The van der Waals surface area contributed by atoms with Crippen LogP contribution in [0.3, 0.4) is 0 Å². The number of carbonyl (C=O) groups excluding carboxylic acids is 1. The maximum atomic E-state index is 14.7. The van der Waals surface area contributed by atoms with Crippen molar-refractivity contribution in [2.75, 3.05) is 6.54 Å². The summed E-state index contributed by atoms with van der Waals surface area (Å²) in [6, 6.07) is -0.322. The minimum Gasteiger partial charge on any atom is -0.383 e. The molecule has 1 aromatic rings. The summed E-state index contributed by atoms with van der Waals surface area (Å²) >= 11 is 0. The Morgan fingerprint density at radius 3 is 2.68 bits per heavy atom. The van der Waals surface area contributed by atoms with Crippen molar-refractivity contribution in [3.8, 4) is 0 Å². The van der Waals surface area contributed by atoms with Crippen LogP contribution in [0.4, 0.5) is 8.78 Å². The van der Waals surface area contributed by atoms with E-state index in [1.807, 2.05) is 6.20 Å². The van der Waals surface area contributed by atoms with Gasteiger partial charge in [0.25, 0.3) is 5.91 Å². The van der Waals surface area contributed by atoms with E-state index in [4.69, 9.17) is 0 Å². The van der Waals surface area contributed by atoms with E-state index >= 15 is 0 Å². The third-order valence-electron chi connectivity index (χ3n) is 5.87. The summed E-state index contributed by atoms with van der Waals surface area (Å²) < 4.78 is 31.1. The Kier molecular flexibility index (Phi) is 4.05.